The summed E-state index contributed by atoms with van der Waals surface area (Å²) >= 11 is 0. The van der Waals surface area contributed by atoms with Crippen LogP contribution in [0.15, 0.2) is 18.2 Å². The van der Waals surface area contributed by atoms with Gasteiger partial charge in [-0.25, -0.2) is 0 Å². The lowest BCUT2D eigenvalue weighted by molar-refractivity contribution is 0.152. The van der Waals surface area contributed by atoms with E-state index in [9.17, 15) is 5.11 Å². The maximum Gasteiger partial charge on any atom is 0.0793 e. The number of nitrogens with one attached hydrogen (secondary N) is 1. The fraction of sp³-hybridized carbons (Fsp3) is 0.455. The second-order valence-corrected chi connectivity index (χ2v) is 3.98. The summed E-state index contributed by atoms with van der Waals surface area (Å²) in [5.74, 6) is 0.648. The van der Waals surface area contributed by atoms with Gasteiger partial charge in [-0.2, -0.15) is 0 Å². The minimum Gasteiger partial charge on any atom is -0.388 e. The molecule has 2 atom stereocenters. The first-order valence-electron chi connectivity index (χ1n) is 4.91. The molecule has 0 bridgehead atoms. The van der Waals surface area contributed by atoms with Gasteiger partial charge in [-0.05, 0) is 30.0 Å². The third-order valence-electron chi connectivity index (χ3n) is 3.23. The van der Waals surface area contributed by atoms with Crippen LogP contribution in [0.25, 0.3) is 0 Å². The van der Waals surface area contributed by atoms with E-state index < -0.39 is 0 Å². The Hall–Kier alpha value is -1.02. The zero-order valence-corrected chi connectivity index (χ0v) is 7.46. The highest BCUT2D eigenvalue weighted by Crippen LogP contribution is 2.44. The first kappa shape index (κ1) is 7.39. The van der Waals surface area contributed by atoms with Crippen molar-refractivity contribution in [1.29, 1.82) is 0 Å². The second kappa shape index (κ2) is 2.48. The van der Waals surface area contributed by atoms with E-state index in [1.54, 1.807) is 0 Å². The molecule has 2 nitrogen and oxygen atoms in total. The SMILES string of the molecule is OC1CCC2CNc3cccc1c32. The summed E-state index contributed by atoms with van der Waals surface area (Å²) in [5, 5.41) is 13.2. The number of hydrogen-bond donors (Lipinski definition) is 2. The van der Waals surface area contributed by atoms with E-state index in [2.05, 4.69) is 17.4 Å². The molecule has 0 saturated heterocycles. The molecule has 0 spiro atoms. The number of anilines is 1. The number of aliphatic hydroxyl groups excluding tert-OH is 1. The Kier molecular flexibility index (Phi) is 1.41. The Labute approximate surface area is 77.6 Å². The fourth-order valence-corrected chi connectivity index (χ4v) is 2.58. The number of benzene rings is 1. The molecule has 3 rings (SSSR count). The van der Waals surface area contributed by atoms with Crippen molar-refractivity contribution >= 4 is 5.69 Å². The van der Waals surface area contributed by atoms with Crippen molar-refractivity contribution in [2.75, 3.05) is 11.9 Å². The van der Waals surface area contributed by atoms with Gasteiger partial charge < -0.3 is 10.4 Å². The monoisotopic (exact) mass is 175 g/mol. The smallest absolute Gasteiger partial charge is 0.0793 e. The largest absolute Gasteiger partial charge is 0.388 e. The van der Waals surface area contributed by atoms with Gasteiger partial charge in [0, 0.05) is 18.2 Å². The average Bonchev–Trinajstić information content (AvgIpc) is 2.57. The molecule has 2 unspecified atom stereocenters. The minimum atomic E-state index is -0.230. The minimum absolute atomic E-state index is 0.230. The van der Waals surface area contributed by atoms with E-state index in [1.807, 2.05) is 6.07 Å². The molecule has 68 valence electrons. The lowest BCUT2D eigenvalue weighted by Crippen LogP contribution is -2.13. The van der Waals surface area contributed by atoms with Crippen molar-refractivity contribution in [3.8, 4) is 0 Å². The maximum absolute atomic E-state index is 9.80. The quantitative estimate of drug-likeness (QED) is 0.632. The van der Waals surface area contributed by atoms with E-state index in [-0.39, 0.29) is 6.10 Å². The molecule has 0 saturated carbocycles. The summed E-state index contributed by atoms with van der Waals surface area (Å²) in [7, 11) is 0. The van der Waals surface area contributed by atoms with Gasteiger partial charge in [0.15, 0.2) is 0 Å². The van der Waals surface area contributed by atoms with Gasteiger partial charge in [-0.3, -0.25) is 0 Å². The Bertz CT molecular complexity index is 348. The van der Waals surface area contributed by atoms with E-state index in [0.717, 1.165) is 24.9 Å². The highest BCUT2D eigenvalue weighted by atomic mass is 16.3. The first-order chi connectivity index (χ1) is 6.36. The van der Waals surface area contributed by atoms with Gasteiger partial charge in [0.1, 0.15) is 0 Å². The first-order valence-corrected chi connectivity index (χ1v) is 4.91. The molecule has 1 aliphatic heterocycles. The van der Waals surface area contributed by atoms with Crippen LogP contribution < -0.4 is 5.32 Å². The predicted octanol–water partition coefficient (Wildman–Crippen LogP) is 2.02. The van der Waals surface area contributed by atoms with Crippen molar-refractivity contribution in [2.24, 2.45) is 0 Å². The molecular formula is C11H13NO. The maximum atomic E-state index is 9.80. The lowest BCUT2D eigenvalue weighted by atomic mass is 9.82. The van der Waals surface area contributed by atoms with Gasteiger partial charge in [0.2, 0.25) is 0 Å². The van der Waals surface area contributed by atoms with Crippen LogP contribution in [0.5, 0.6) is 0 Å². The van der Waals surface area contributed by atoms with Gasteiger partial charge in [-0.15, -0.1) is 0 Å². The molecular weight excluding hydrogens is 162 g/mol. The van der Waals surface area contributed by atoms with Crippen molar-refractivity contribution < 1.29 is 5.11 Å². The third-order valence-corrected chi connectivity index (χ3v) is 3.23. The zero-order valence-electron chi connectivity index (χ0n) is 7.46. The lowest BCUT2D eigenvalue weighted by Gasteiger charge is -2.24. The molecule has 0 radical (unpaired) electrons. The molecule has 1 aromatic rings. The Morgan fingerprint density at radius 1 is 1.31 bits per heavy atom. The van der Waals surface area contributed by atoms with Crippen LogP contribution in [0.3, 0.4) is 0 Å². The molecule has 1 aliphatic carbocycles. The highest BCUT2D eigenvalue weighted by molar-refractivity contribution is 5.62. The normalized spacial score (nSPS) is 29.6. The summed E-state index contributed by atoms with van der Waals surface area (Å²) < 4.78 is 0. The van der Waals surface area contributed by atoms with Crippen LogP contribution >= 0.6 is 0 Å². The molecule has 2 aliphatic rings. The van der Waals surface area contributed by atoms with Gasteiger partial charge >= 0.3 is 0 Å². The van der Waals surface area contributed by atoms with Crippen molar-refractivity contribution in [1.82, 2.24) is 0 Å². The van der Waals surface area contributed by atoms with Crippen LogP contribution in [0, 0.1) is 0 Å². The van der Waals surface area contributed by atoms with Crippen molar-refractivity contribution in [3.05, 3.63) is 29.3 Å². The molecule has 0 fully saturated rings. The van der Waals surface area contributed by atoms with Gasteiger partial charge in [0.05, 0.1) is 6.10 Å². The van der Waals surface area contributed by atoms with Crippen LogP contribution in [0.2, 0.25) is 0 Å². The number of hydrogen-bond acceptors (Lipinski definition) is 2. The van der Waals surface area contributed by atoms with Crippen LogP contribution in [-0.2, 0) is 0 Å². The Morgan fingerprint density at radius 2 is 2.23 bits per heavy atom. The van der Waals surface area contributed by atoms with Crippen molar-refractivity contribution in [3.63, 3.8) is 0 Å². The molecule has 0 aromatic heterocycles. The summed E-state index contributed by atoms with van der Waals surface area (Å²) in [6.45, 7) is 1.05. The molecule has 0 amide bonds. The van der Waals surface area contributed by atoms with Crippen molar-refractivity contribution in [2.45, 2.75) is 24.9 Å². The number of aliphatic hydroxyl groups is 1. The molecule has 2 N–H and O–H groups in total. The van der Waals surface area contributed by atoms with E-state index in [1.165, 1.54) is 11.3 Å². The Balaban J connectivity index is 2.22. The molecule has 13 heavy (non-hydrogen) atoms. The Morgan fingerprint density at radius 3 is 3.15 bits per heavy atom. The molecule has 1 heterocycles. The van der Waals surface area contributed by atoms with Gasteiger partial charge in [-0.1, -0.05) is 12.1 Å². The van der Waals surface area contributed by atoms with Crippen LogP contribution in [0.1, 0.15) is 36.0 Å². The topological polar surface area (TPSA) is 32.3 Å². The fourth-order valence-electron chi connectivity index (χ4n) is 2.58. The summed E-state index contributed by atoms with van der Waals surface area (Å²) in [6, 6.07) is 6.19. The van der Waals surface area contributed by atoms with Gasteiger partial charge in [0.25, 0.3) is 0 Å². The molecule has 2 heteroatoms. The standard InChI is InChI=1S/C11H13NO/c13-10-5-4-7-6-12-9-3-1-2-8(10)11(7)9/h1-3,7,10,12-13H,4-6H2. The molecule has 1 aromatic carbocycles. The third kappa shape index (κ3) is 0.923. The van der Waals surface area contributed by atoms with E-state index in [0.29, 0.717) is 5.92 Å². The zero-order chi connectivity index (χ0) is 8.84. The second-order valence-electron chi connectivity index (χ2n) is 3.98. The van der Waals surface area contributed by atoms with Crippen LogP contribution in [-0.4, -0.2) is 11.7 Å². The summed E-state index contributed by atoms with van der Waals surface area (Å²) in [6.07, 6.45) is 1.81. The van der Waals surface area contributed by atoms with E-state index >= 15 is 0 Å². The number of rotatable bonds is 0. The highest BCUT2D eigenvalue weighted by Gasteiger charge is 2.31. The summed E-state index contributed by atoms with van der Waals surface area (Å²) in [4.78, 5) is 0. The average molecular weight is 175 g/mol. The van der Waals surface area contributed by atoms with Crippen LogP contribution in [0.4, 0.5) is 5.69 Å². The summed E-state index contributed by atoms with van der Waals surface area (Å²) in [5.41, 5.74) is 3.77. The van der Waals surface area contributed by atoms with E-state index in [4.69, 9.17) is 0 Å². The predicted molar refractivity (Wildman–Crippen MR) is 51.9 cm³/mol.